The number of hydrogen-bond donors (Lipinski definition) is 1. The van der Waals surface area contributed by atoms with Crippen LogP contribution in [0.1, 0.15) is 36.8 Å². The van der Waals surface area contributed by atoms with Gasteiger partial charge in [0.2, 0.25) is 11.8 Å². The fourth-order valence-electron chi connectivity index (χ4n) is 3.06. The van der Waals surface area contributed by atoms with E-state index in [0.29, 0.717) is 13.0 Å². The largest absolute Gasteiger partial charge is 0.344 e. The predicted molar refractivity (Wildman–Crippen MR) is 76.0 cm³/mol. The van der Waals surface area contributed by atoms with Gasteiger partial charge in [0.05, 0.1) is 0 Å². The van der Waals surface area contributed by atoms with Gasteiger partial charge in [0.15, 0.2) is 0 Å². The summed E-state index contributed by atoms with van der Waals surface area (Å²) in [6, 6.07) is 7.95. The van der Waals surface area contributed by atoms with E-state index in [4.69, 9.17) is 0 Å². The number of rotatable bonds is 1. The minimum Gasteiger partial charge on any atom is -0.344 e. The molecule has 4 nitrogen and oxygen atoms in total. The van der Waals surface area contributed by atoms with Gasteiger partial charge in [-0.05, 0) is 30.4 Å². The Hall–Kier alpha value is -1.84. The van der Waals surface area contributed by atoms with Crippen LogP contribution in [-0.4, -0.2) is 29.3 Å². The summed E-state index contributed by atoms with van der Waals surface area (Å²) < 4.78 is 0. The van der Waals surface area contributed by atoms with Crippen LogP contribution < -0.4 is 5.32 Å². The number of amides is 2. The van der Waals surface area contributed by atoms with Crippen molar-refractivity contribution in [2.45, 2.75) is 44.7 Å². The first kappa shape index (κ1) is 13.2. The molecule has 0 spiro atoms. The van der Waals surface area contributed by atoms with E-state index in [0.717, 1.165) is 32.2 Å². The van der Waals surface area contributed by atoms with Gasteiger partial charge in [0.25, 0.3) is 0 Å². The zero-order chi connectivity index (χ0) is 13.9. The monoisotopic (exact) mass is 272 g/mol. The number of hydrogen-bond acceptors (Lipinski definition) is 2. The minimum atomic E-state index is -0.324. The Morgan fingerprint density at radius 1 is 1.15 bits per heavy atom. The summed E-state index contributed by atoms with van der Waals surface area (Å²) in [7, 11) is 0. The first-order chi connectivity index (χ1) is 9.74. The molecule has 1 N–H and O–H groups in total. The molecule has 0 bridgehead atoms. The third-order valence-electron chi connectivity index (χ3n) is 4.22. The molecule has 0 saturated carbocycles. The van der Waals surface area contributed by atoms with Crippen molar-refractivity contribution >= 4 is 11.8 Å². The summed E-state index contributed by atoms with van der Waals surface area (Å²) >= 11 is 0. The molecule has 0 aliphatic carbocycles. The van der Waals surface area contributed by atoms with Crippen molar-refractivity contribution in [3.8, 4) is 0 Å². The summed E-state index contributed by atoms with van der Waals surface area (Å²) in [6.07, 6.45) is 4.05. The highest BCUT2D eigenvalue weighted by molar-refractivity contribution is 5.88. The number of nitrogens with one attached hydrogen (secondary N) is 1. The molecule has 1 atom stereocenters. The van der Waals surface area contributed by atoms with Gasteiger partial charge in [-0.2, -0.15) is 0 Å². The zero-order valence-electron chi connectivity index (χ0n) is 11.6. The summed E-state index contributed by atoms with van der Waals surface area (Å²) in [4.78, 5) is 26.1. The van der Waals surface area contributed by atoms with Crippen molar-refractivity contribution < 1.29 is 9.59 Å². The van der Waals surface area contributed by atoms with Crippen LogP contribution in [0.3, 0.4) is 0 Å². The average molecular weight is 272 g/mol. The molecule has 2 aliphatic rings. The Kier molecular flexibility index (Phi) is 3.72. The molecule has 2 heterocycles. The Morgan fingerprint density at radius 2 is 1.95 bits per heavy atom. The van der Waals surface area contributed by atoms with Crippen LogP contribution >= 0.6 is 0 Å². The van der Waals surface area contributed by atoms with Gasteiger partial charge in [-0.1, -0.05) is 30.7 Å². The Balaban J connectivity index is 1.70. The average Bonchev–Trinajstić information content (AvgIpc) is 2.70. The van der Waals surface area contributed by atoms with Crippen molar-refractivity contribution in [2.24, 2.45) is 0 Å². The molecule has 1 saturated heterocycles. The summed E-state index contributed by atoms with van der Waals surface area (Å²) in [5, 5.41) is 2.87. The number of fused-ring (bicyclic) bond motifs is 1. The molecule has 0 radical (unpaired) electrons. The van der Waals surface area contributed by atoms with Gasteiger partial charge in [-0.15, -0.1) is 0 Å². The maximum atomic E-state index is 12.6. The smallest absolute Gasteiger partial charge is 0.245 e. The van der Waals surface area contributed by atoms with Gasteiger partial charge in [0.1, 0.15) is 6.04 Å². The first-order valence-corrected chi connectivity index (χ1v) is 7.39. The highest BCUT2D eigenvalue weighted by Crippen LogP contribution is 2.20. The molecule has 1 aromatic rings. The molecule has 2 aliphatic heterocycles. The second kappa shape index (κ2) is 5.65. The van der Waals surface area contributed by atoms with Crippen molar-refractivity contribution in [3.63, 3.8) is 0 Å². The van der Waals surface area contributed by atoms with Crippen LogP contribution in [0.25, 0.3) is 0 Å². The van der Waals surface area contributed by atoms with Crippen LogP contribution in [0.2, 0.25) is 0 Å². The maximum absolute atomic E-state index is 12.6. The van der Waals surface area contributed by atoms with Crippen LogP contribution in [0.5, 0.6) is 0 Å². The molecule has 0 unspecified atom stereocenters. The normalized spacial score (nSPS) is 22.7. The van der Waals surface area contributed by atoms with Gasteiger partial charge >= 0.3 is 0 Å². The lowest BCUT2D eigenvalue weighted by Gasteiger charge is -2.31. The molecular formula is C16H20N2O2. The van der Waals surface area contributed by atoms with Crippen LogP contribution in [0.4, 0.5) is 0 Å². The number of carbonyl (C=O) groups is 2. The summed E-state index contributed by atoms with van der Waals surface area (Å²) in [5.41, 5.74) is 2.56. The topological polar surface area (TPSA) is 49.4 Å². The first-order valence-electron chi connectivity index (χ1n) is 7.39. The summed E-state index contributed by atoms with van der Waals surface area (Å²) in [5.74, 6) is 0.0908. The number of nitrogens with zero attached hydrogens (tertiary/aromatic N) is 1. The lowest BCUT2D eigenvalue weighted by atomic mass is 9.99. The van der Waals surface area contributed by atoms with Crippen molar-refractivity contribution in [1.82, 2.24) is 10.2 Å². The Labute approximate surface area is 119 Å². The highest BCUT2D eigenvalue weighted by Gasteiger charge is 2.29. The van der Waals surface area contributed by atoms with Crippen LogP contribution in [0, 0.1) is 0 Å². The van der Waals surface area contributed by atoms with Gasteiger partial charge in [0, 0.05) is 19.5 Å². The van der Waals surface area contributed by atoms with E-state index >= 15 is 0 Å². The molecule has 106 valence electrons. The van der Waals surface area contributed by atoms with Crippen LogP contribution in [0.15, 0.2) is 24.3 Å². The molecule has 1 fully saturated rings. The molecular weight excluding hydrogens is 252 g/mol. The maximum Gasteiger partial charge on any atom is 0.245 e. The standard InChI is InChI=1S/C16H20N2O2/c19-15-8-4-3-7-14(17-15)16(20)18-10-9-12-5-1-2-6-13(12)11-18/h1-2,5-6,14H,3-4,7-11H2,(H,17,19)/t14-/m1/s1. The third-order valence-corrected chi connectivity index (χ3v) is 4.22. The highest BCUT2D eigenvalue weighted by atomic mass is 16.2. The van der Waals surface area contributed by atoms with E-state index in [-0.39, 0.29) is 17.9 Å². The molecule has 20 heavy (non-hydrogen) atoms. The second-order valence-corrected chi connectivity index (χ2v) is 5.64. The Morgan fingerprint density at radius 3 is 2.80 bits per heavy atom. The minimum absolute atomic E-state index is 0.0123. The summed E-state index contributed by atoms with van der Waals surface area (Å²) in [6.45, 7) is 1.42. The second-order valence-electron chi connectivity index (χ2n) is 5.64. The van der Waals surface area contributed by atoms with Crippen molar-refractivity contribution in [1.29, 1.82) is 0 Å². The fraction of sp³-hybridized carbons (Fsp3) is 0.500. The lowest BCUT2D eigenvalue weighted by Crippen LogP contribution is -2.49. The van der Waals surface area contributed by atoms with Gasteiger partial charge in [-0.25, -0.2) is 0 Å². The van der Waals surface area contributed by atoms with E-state index < -0.39 is 0 Å². The zero-order valence-corrected chi connectivity index (χ0v) is 11.6. The fourth-order valence-corrected chi connectivity index (χ4v) is 3.06. The Bertz CT molecular complexity index is 527. The van der Waals surface area contributed by atoms with E-state index in [2.05, 4.69) is 17.4 Å². The third kappa shape index (κ3) is 2.69. The molecule has 1 aromatic carbocycles. The van der Waals surface area contributed by atoms with E-state index in [1.165, 1.54) is 11.1 Å². The molecule has 0 aromatic heterocycles. The number of carbonyl (C=O) groups excluding carboxylic acids is 2. The molecule has 3 rings (SSSR count). The number of benzene rings is 1. The quantitative estimate of drug-likeness (QED) is 0.844. The van der Waals surface area contributed by atoms with Crippen LogP contribution in [-0.2, 0) is 22.6 Å². The van der Waals surface area contributed by atoms with Crippen molar-refractivity contribution in [3.05, 3.63) is 35.4 Å². The van der Waals surface area contributed by atoms with E-state index in [1.54, 1.807) is 0 Å². The molecule has 4 heteroatoms. The van der Waals surface area contributed by atoms with E-state index in [1.807, 2.05) is 17.0 Å². The van der Waals surface area contributed by atoms with E-state index in [9.17, 15) is 9.59 Å². The molecule has 2 amide bonds. The SMILES string of the molecule is O=C1CCCC[C@H](C(=O)N2CCc3ccccc3C2)N1. The van der Waals surface area contributed by atoms with Crippen molar-refractivity contribution in [2.75, 3.05) is 6.54 Å². The predicted octanol–water partition coefficient (Wildman–Crippen LogP) is 1.63. The van der Waals surface area contributed by atoms with Gasteiger partial charge < -0.3 is 10.2 Å². The van der Waals surface area contributed by atoms with Gasteiger partial charge in [-0.3, -0.25) is 9.59 Å². The lowest BCUT2D eigenvalue weighted by molar-refractivity contribution is -0.137.